The molecule has 0 bridgehead atoms. The number of likely N-dealkylation sites (N-methyl/N-ethyl adjacent to an activating group) is 1. The number of ether oxygens (including phenoxy) is 2. The number of methoxy groups -OCH3 is 1. The van der Waals surface area contributed by atoms with Crippen LogP contribution in [0.5, 0.6) is 11.5 Å². The maximum absolute atomic E-state index is 13.6. The van der Waals surface area contributed by atoms with Gasteiger partial charge in [-0.25, -0.2) is 8.78 Å². The molecule has 0 unspecified atom stereocenters. The number of alkyl halides is 2. The van der Waals surface area contributed by atoms with E-state index in [1.54, 1.807) is 18.0 Å². The van der Waals surface area contributed by atoms with Gasteiger partial charge in [-0.05, 0) is 36.9 Å². The molecule has 0 spiro atoms. The number of carbonyl (C=O) groups excluding carboxylic acids is 1. The number of nitrogens with one attached hydrogen (secondary N) is 1. The first-order chi connectivity index (χ1) is 12.8. The summed E-state index contributed by atoms with van der Waals surface area (Å²) in [5.74, 6) is -2.06. The van der Waals surface area contributed by atoms with Crippen molar-refractivity contribution >= 4 is 11.6 Å². The highest BCUT2D eigenvalue weighted by Crippen LogP contribution is 2.29. The maximum atomic E-state index is 13.6. The quantitative estimate of drug-likeness (QED) is 0.704. The monoisotopic (exact) mass is 386 g/mol. The number of rotatable bonds is 8. The van der Waals surface area contributed by atoms with Gasteiger partial charge in [-0.15, -0.1) is 0 Å². The van der Waals surface area contributed by atoms with Crippen LogP contribution in [-0.2, 0) is 11.3 Å². The zero-order valence-electron chi connectivity index (χ0n) is 14.6. The smallest absolute Gasteiger partial charge is 0.387 e. The summed E-state index contributed by atoms with van der Waals surface area (Å²) in [6.45, 7) is -2.75. The molecule has 146 valence electrons. The van der Waals surface area contributed by atoms with Gasteiger partial charge < -0.3 is 14.8 Å². The molecular formula is C18H18F4N2O3. The van der Waals surface area contributed by atoms with Crippen molar-refractivity contribution in [3.05, 3.63) is 53.6 Å². The third-order valence-corrected chi connectivity index (χ3v) is 3.52. The third kappa shape index (κ3) is 6.14. The molecule has 0 aliphatic carbocycles. The minimum Gasteiger partial charge on any atom is -0.493 e. The number of hydrogen-bond donors (Lipinski definition) is 1. The standard InChI is InChI=1S/C18H18F4N2O3/c1-24(10-17(25)23-14-5-4-12(19)8-13(14)20)9-11-3-6-15(27-18(21)22)16(7-11)26-2/h3-8,18H,9-10H2,1-2H3,(H,23,25). The van der Waals surface area contributed by atoms with E-state index in [2.05, 4.69) is 10.1 Å². The van der Waals surface area contributed by atoms with Crippen molar-refractivity contribution in [3.8, 4) is 11.5 Å². The first-order valence-electron chi connectivity index (χ1n) is 7.83. The van der Waals surface area contributed by atoms with Gasteiger partial charge in [-0.2, -0.15) is 8.78 Å². The Morgan fingerprint density at radius 1 is 1.15 bits per heavy atom. The summed E-state index contributed by atoms with van der Waals surface area (Å²) in [5, 5.41) is 2.36. The van der Waals surface area contributed by atoms with Crippen molar-refractivity contribution in [2.45, 2.75) is 13.2 Å². The molecule has 5 nitrogen and oxygen atoms in total. The molecule has 0 atom stereocenters. The Morgan fingerprint density at radius 2 is 1.89 bits per heavy atom. The van der Waals surface area contributed by atoms with E-state index in [0.717, 1.165) is 12.1 Å². The summed E-state index contributed by atoms with van der Waals surface area (Å²) < 4.78 is 60.5. The normalized spacial score (nSPS) is 11.0. The highest BCUT2D eigenvalue weighted by atomic mass is 19.3. The second kappa shape index (κ2) is 9.22. The van der Waals surface area contributed by atoms with Crippen LogP contribution in [0.15, 0.2) is 36.4 Å². The molecule has 9 heteroatoms. The summed E-state index contributed by atoms with van der Waals surface area (Å²) in [6.07, 6.45) is 0. The predicted octanol–water partition coefficient (Wildman–Crippen LogP) is 3.65. The van der Waals surface area contributed by atoms with Crippen LogP contribution in [0.3, 0.4) is 0 Å². The van der Waals surface area contributed by atoms with E-state index in [0.29, 0.717) is 18.2 Å². The molecule has 2 rings (SSSR count). The number of hydrogen-bond acceptors (Lipinski definition) is 4. The summed E-state index contributed by atoms with van der Waals surface area (Å²) in [6, 6.07) is 7.28. The Labute approximate surface area is 153 Å². The van der Waals surface area contributed by atoms with Gasteiger partial charge in [0, 0.05) is 12.6 Å². The molecule has 1 amide bonds. The Balaban J connectivity index is 1.96. The van der Waals surface area contributed by atoms with E-state index in [-0.39, 0.29) is 23.7 Å². The lowest BCUT2D eigenvalue weighted by Gasteiger charge is -2.18. The molecule has 0 aliphatic rings. The van der Waals surface area contributed by atoms with Crippen molar-refractivity contribution in [2.75, 3.05) is 26.0 Å². The van der Waals surface area contributed by atoms with Crippen molar-refractivity contribution in [1.82, 2.24) is 4.90 Å². The molecule has 0 fully saturated rings. The lowest BCUT2D eigenvalue weighted by Crippen LogP contribution is -2.30. The fourth-order valence-corrected chi connectivity index (χ4v) is 2.40. The van der Waals surface area contributed by atoms with Crippen LogP contribution in [0.4, 0.5) is 23.2 Å². The molecule has 0 saturated carbocycles. The van der Waals surface area contributed by atoms with Crippen LogP contribution in [0.25, 0.3) is 0 Å². The van der Waals surface area contributed by atoms with E-state index in [1.165, 1.54) is 19.2 Å². The molecular weight excluding hydrogens is 368 g/mol. The van der Waals surface area contributed by atoms with E-state index in [4.69, 9.17) is 4.74 Å². The number of nitrogens with zero attached hydrogens (tertiary/aromatic N) is 1. The van der Waals surface area contributed by atoms with Gasteiger partial charge in [0.05, 0.1) is 19.3 Å². The molecule has 0 aromatic heterocycles. The van der Waals surface area contributed by atoms with Crippen molar-refractivity contribution < 1.29 is 31.8 Å². The average Bonchev–Trinajstić information content (AvgIpc) is 2.58. The number of halogens is 4. The summed E-state index contributed by atoms with van der Waals surface area (Å²) >= 11 is 0. The van der Waals surface area contributed by atoms with Crippen LogP contribution in [0.1, 0.15) is 5.56 Å². The number of anilines is 1. The lowest BCUT2D eigenvalue weighted by molar-refractivity contribution is -0.117. The predicted molar refractivity (Wildman–Crippen MR) is 90.9 cm³/mol. The van der Waals surface area contributed by atoms with E-state index < -0.39 is 24.2 Å². The summed E-state index contributed by atoms with van der Waals surface area (Å²) in [5.41, 5.74) is 0.571. The van der Waals surface area contributed by atoms with Crippen molar-refractivity contribution in [3.63, 3.8) is 0 Å². The molecule has 27 heavy (non-hydrogen) atoms. The lowest BCUT2D eigenvalue weighted by atomic mass is 10.2. The van der Waals surface area contributed by atoms with Gasteiger partial charge >= 0.3 is 6.61 Å². The van der Waals surface area contributed by atoms with Gasteiger partial charge in [0.15, 0.2) is 11.5 Å². The Kier molecular flexibility index (Phi) is 7.00. The minimum absolute atomic E-state index is 0.0750. The maximum Gasteiger partial charge on any atom is 0.387 e. The largest absolute Gasteiger partial charge is 0.493 e. The molecule has 2 aromatic rings. The Morgan fingerprint density at radius 3 is 2.52 bits per heavy atom. The van der Waals surface area contributed by atoms with Gasteiger partial charge in [-0.1, -0.05) is 6.07 Å². The van der Waals surface area contributed by atoms with E-state index >= 15 is 0 Å². The van der Waals surface area contributed by atoms with Crippen LogP contribution < -0.4 is 14.8 Å². The van der Waals surface area contributed by atoms with Crippen LogP contribution in [0.2, 0.25) is 0 Å². The fraction of sp³-hybridized carbons (Fsp3) is 0.278. The zero-order chi connectivity index (χ0) is 20.0. The molecule has 0 heterocycles. The van der Waals surface area contributed by atoms with Crippen LogP contribution >= 0.6 is 0 Å². The first-order valence-corrected chi connectivity index (χ1v) is 7.83. The van der Waals surface area contributed by atoms with Gasteiger partial charge in [0.2, 0.25) is 5.91 Å². The molecule has 0 saturated heterocycles. The number of carbonyl (C=O) groups is 1. The number of benzene rings is 2. The topological polar surface area (TPSA) is 50.8 Å². The third-order valence-electron chi connectivity index (χ3n) is 3.52. The Bertz CT molecular complexity index is 802. The molecule has 0 radical (unpaired) electrons. The highest BCUT2D eigenvalue weighted by Gasteiger charge is 2.14. The fourth-order valence-electron chi connectivity index (χ4n) is 2.40. The van der Waals surface area contributed by atoms with Crippen molar-refractivity contribution in [2.24, 2.45) is 0 Å². The summed E-state index contributed by atoms with van der Waals surface area (Å²) in [4.78, 5) is 13.6. The van der Waals surface area contributed by atoms with E-state index in [1.807, 2.05) is 0 Å². The van der Waals surface area contributed by atoms with Crippen LogP contribution in [-0.4, -0.2) is 38.1 Å². The first kappa shape index (κ1) is 20.5. The highest BCUT2D eigenvalue weighted by molar-refractivity contribution is 5.92. The average molecular weight is 386 g/mol. The Hall–Kier alpha value is -2.81. The zero-order valence-corrected chi connectivity index (χ0v) is 14.6. The molecule has 0 aliphatic heterocycles. The second-order valence-electron chi connectivity index (χ2n) is 5.71. The number of amides is 1. The second-order valence-corrected chi connectivity index (χ2v) is 5.71. The van der Waals surface area contributed by atoms with Gasteiger partial charge in [0.1, 0.15) is 11.6 Å². The van der Waals surface area contributed by atoms with E-state index in [9.17, 15) is 22.4 Å². The minimum atomic E-state index is -2.97. The van der Waals surface area contributed by atoms with Gasteiger partial charge in [-0.3, -0.25) is 9.69 Å². The molecule has 2 aromatic carbocycles. The SMILES string of the molecule is COc1cc(CN(C)CC(=O)Nc2ccc(F)cc2F)ccc1OC(F)F. The molecule has 1 N–H and O–H groups in total. The van der Waals surface area contributed by atoms with Gasteiger partial charge in [0.25, 0.3) is 0 Å². The summed E-state index contributed by atoms with van der Waals surface area (Å²) in [7, 11) is 2.97. The van der Waals surface area contributed by atoms with Crippen LogP contribution in [0, 0.1) is 11.6 Å². The van der Waals surface area contributed by atoms with Crippen molar-refractivity contribution in [1.29, 1.82) is 0 Å².